The summed E-state index contributed by atoms with van der Waals surface area (Å²) in [7, 11) is -3.69. The first-order chi connectivity index (χ1) is 11.8. The van der Waals surface area contributed by atoms with Gasteiger partial charge in [-0.2, -0.15) is 0 Å². The van der Waals surface area contributed by atoms with Crippen LogP contribution in [0.1, 0.15) is 50.7 Å². The highest BCUT2D eigenvalue weighted by Crippen LogP contribution is 2.20. The van der Waals surface area contributed by atoms with E-state index < -0.39 is 10.0 Å². The first-order valence-electron chi connectivity index (χ1n) is 8.66. The predicted octanol–water partition coefficient (Wildman–Crippen LogP) is 2.02. The summed E-state index contributed by atoms with van der Waals surface area (Å²) < 4.78 is 24.6. The van der Waals surface area contributed by atoms with Gasteiger partial charge < -0.3 is 0 Å². The zero-order valence-corrected chi connectivity index (χ0v) is 15.5. The Bertz CT molecular complexity index is 821. The quantitative estimate of drug-likeness (QED) is 0.877. The van der Waals surface area contributed by atoms with Crippen LogP contribution in [0.25, 0.3) is 5.69 Å². The van der Waals surface area contributed by atoms with Crippen LogP contribution in [0.3, 0.4) is 0 Å². The molecule has 1 aliphatic rings. The van der Waals surface area contributed by atoms with Gasteiger partial charge in [-0.3, -0.25) is 4.90 Å². The molecule has 1 fully saturated rings. The molecule has 2 N–H and O–H groups in total. The Kier molecular flexibility index (Phi) is 5.21. The maximum Gasteiger partial charge on any atom is 0.238 e. The summed E-state index contributed by atoms with van der Waals surface area (Å²) in [6.07, 6.45) is 3.76. The van der Waals surface area contributed by atoms with Crippen molar-refractivity contribution in [1.82, 2.24) is 19.7 Å². The first-order valence-corrected chi connectivity index (χ1v) is 10.2. The van der Waals surface area contributed by atoms with Crippen molar-refractivity contribution in [2.24, 2.45) is 5.14 Å². The molecule has 8 heteroatoms. The van der Waals surface area contributed by atoms with Gasteiger partial charge in [0.05, 0.1) is 17.1 Å². The molecule has 2 heterocycles. The number of piperidine rings is 1. The van der Waals surface area contributed by atoms with Crippen molar-refractivity contribution in [3.05, 3.63) is 35.9 Å². The summed E-state index contributed by atoms with van der Waals surface area (Å²) in [6.45, 7) is 7.08. The van der Waals surface area contributed by atoms with Gasteiger partial charge in [0, 0.05) is 5.92 Å². The zero-order valence-electron chi connectivity index (χ0n) is 14.7. The second-order valence-electron chi connectivity index (χ2n) is 6.83. The van der Waals surface area contributed by atoms with Crippen molar-refractivity contribution in [3.8, 4) is 5.69 Å². The van der Waals surface area contributed by atoms with Gasteiger partial charge in [-0.1, -0.05) is 20.3 Å². The fraction of sp³-hybridized carbons (Fsp3) is 0.529. The molecule has 1 aliphatic heterocycles. The van der Waals surface area contributed by atoms with Gasteiger partial charge in [-0.05, 0) is 50.2 Å². The summed E-state index contributed by atoms with van der Waals surface area (Å²) >= 11 is 0. The van der Waals surface area contributed by atoms with Crippen molar-refractivity contribution < 1.29 is 8.42 Å². The molecule has 0 aliphatic carbocycles. The van der Waals surface area contributed by atoms with Crippen LogP contribution < -0.4 is 5.14 Å². The van der Waals surface area contributed by atoms with Gasteiger partial charge in [0.1, 0.15) is 5.82 Å². The lowest BCUT2D eigenvalue weighted by Crippen LogP contribution is -2.29. The van der Waals surface area contributed by atoms with Gasteiger partial charge >= 0.3 is 0 Å². The maximum absolute atomic E-state index is 11.4. The maximum atomic E-state index is 11.4. The Balaban J connectivity index is 1.89. The van der Waals surface area contributed by atoms with E-state index in [2.05, 4.69) is 23.8 Å². The molecule has 2 aromatic rings. The third kappa shape index (κ3) is 4.26. The molecular formula is C17H25N5O2S. The molecule has 0 bridgehead atoms. The van der Waals surface area contributed by atoms with E-state index in [0.29, 0.717) is 0 Å². The average Bonchev–Trinajstić information content (AvgIpc) is 2.99. The van der Waals surface area contributed by atoms with Gasteiger partial charge in [0.15, 0.2) is 5.82 Å². The molecular weight excluding hydrogens is 338 g/mol. The Morgan fingerprint density at radius 1 is 1.12 bits per heavy atom. The minimum absolute atomic E-state index is 0.0935. The summed E-state index contributed by atoms with van der Waals surface area (Å²) in [5.41, 5.74) is 0.786. The highest BCUT2D eigenvalue weighted by atomic mass is 32.2. The van der Waals surface area contributed by atoms with Gasteiger partial charge in [0.25, 0.3) is 0 Å². The Morgan fingerprint density at radius 3 is 2.32 bits per heavy atom. The lowest BCUT2D eigenvalue weighted by Gasteiger charge is -2.24. The van der Waals surface area contributed by atoms with Crippen molar-refractivity contribution in [2.45, 2.75) is 50.5 Å². The fourth-order valence-corrected chi connectivity index (χ4v) is 3.61. The number of hydrogen-bond acceptors (Lipinski definition) is 5. The summed E-state index contributed by atoms with van der Waals surface area (Å²) in [5.74, 6) is 1.89. The number of sulfonamides is 1. The van der Waals surface area contributed by atoms with Crippen LogP contribution >= 0.6 is 0 Å². The van der Waals surface area contributed by atoms with Crippen LogP contribution in [-0.2, 0) is 16.6 Å². The molecule has 0 saturated carbocycles. The number of rotatable bonds is 5. The zero-order chi connectivity index (χ0) is 18.0. The summed E-state index contributed by atoms with van der Waals surface area (Å²) in [6, 6.07) is 6.43. The van der Waals surface area contributed by atoms with E-state index in [4.69, 9.17) is 10.1 Å². The normalized spacial score (nSPS) is 16.5. The number of primary sulfonamides is 1. The van der Waals surface area contributed by atoms with E-state index in [9.17, 15) is 8.42 Å². The Morgan fingerprint density at radius 2 is 1.76 bits per heavy atom. The number of likely N-dealkylation sites (tertiary alicyclic amines) is 1. The molecule has 3 rings (SSSR count). The topological polar surface area (TPSA) is 94.1 Å². The van der Waals surface area contributed by atoms with Crippen LogP contribution in [0.2, 0.25) is 0 Å². The minimum Gasteiger partial charge on any atom is -0.296 e. The summed E-state index contributed by atoms with van der Waals surface area (Å²) in [5, 5.41) is 9.83. The van der Waals surface area contributed by atoms with Gasteiger partial charge in [-0.25, -0.2) is 23.2 Å². The van der Waals surface area contributed by atoms with Crippen molar-refractivity contribution >= 4 is 10.0 Å². The predicted molar refractivity (Wildman–Crippen MR) is 95.9 cm³/mol. The van der Waals surface area contributed by atoms with Crippen LogP contribution in [-0.4, -0.2) is 41.2 Å². The summed E-state index contributed by atoms with van der Waals surface area (Å²) in [4.78, 5) is 7.20. The third-order valence-corrected chi connectivity index (χ3v) is 5.35. The Hall–Kier alpha value is -1.77. The smallest absolute Gasteiger partial charge is 0.238 e. The highest BCUT2D eigenvalue weighted by molar-refractivity contribution is 7.89. The number of benzene rings is 1. The number of aromatic nitrogens is 3. The largest absolute Gasteiger partial charge is 0.296 e. The van der Waals surface area contributed by atoms with Crippen LogP contribution in [0.5, 0.6) is 0 Å². The Labute approximate surface area is 148 Å². The van der Waals surface area contributed by atoms with E-state index in [-0.39, 0.29) is 10.8 Å². The minimum atomic E-state index is -3.69. The average molecular weight is 363 g/mol. The monoisotopic (exact) mass is 363 g/mol. The highest BCUT2D eigenvalue weighted by Gasteiger charge is 2.18. The second kappa shape index (κ2) is 7.23. The number of nitrogens with two attached hydrogens (primary N) is 1. The van der Waals surface area contributed by atoms with Crippen LogP contribution in [0.4, 0.5) is 0 Å². The molecule has 25 heavy (non-hydrogen) atoms. The number of nitrogens with zero attached hydrogens (tertiary/aromatic N) is 4. The van der Waals surface area contributed by atoms with Crippen molar-refractivity contribution in [2.75, 3.05) is 13.1 Å². The third-order valence-electron chi connectivity index (χ3n) is 4.42. The van der Waals surface area contributed by atoms with Crippen LogP contribution in [0, 0.1) is 0 Å². The van der Waals surface area contributed by atoms with E-state index in [0.717, 1.165) is 37.0 Å². The van der Waals surface area contributed by atoms with E-state index >= 15 is 0 Å². The molecule has 1 aromatic heterocycles. The molecule has 1 aromatic carbocycles. The van der Waals surface area contributed by atoms with Gasteiger partial charge in [-0.15, -0.1) is 5.10 Å². The molecule has 0 radical (unpaired) electrons. The van der Waals surface area contributed by atoms with E-state index in [1.165, 1.54) is 31.4 Å². The molecule has 1 saturated heterocycles. The first kappa shape index (κ1) is 18.0. The molecule has 0 spiro atoms. The standard InChI is InChI=1S/C17H25N5O2S/c1-13(2)17-19-16(12-21-10-4-3-5-11-21)20-22(17)14-6-8-15(9-7-14)25(18,23)24/h6-9,13H,3-5,10-12H2,1-2H3,(H2,18,23,24). The lowest BCUT2D eigenvalue weighted by atomic mass is 10.1. The van der Waals surface area contributed by atoms with E-state index in [1.807, 2.05) is 0 Å². The van der Waals surface area contributed by atoms with Crippen molar-refractivity contribution in [3.63, 3.8) is 0 Å². The SMILES string of the molecule is CC(C)c1nc(CN2CCCCC2)nn1-c1ccc(S(N)(=O)=O)cc1. The second-order valence-corrected chi connectivity index (χ2v) is 8.39. The van der Waals surface area contributed by atoms with Crippen molar-refractivity contribution in [1.29, 1.82) is 0 Å². The molecule has 7 nitrogen and oxygen atoms in total. The lowest BCUT2D eigenvalue weighted by molar-refractivity contribution is 0.216. The molecule has 136 valence electrons. The molecule has 0 unspecified atom stereocenters. The fourth-order valence-electron chi connectivity index (χ4n) is 3.09. The molecule has 0 atom stereocenters. The van der Waals surface area contributed by atoms with Gasteiger partial charge in [0.2, 0.25) is 10.0 Å². The number of hydrogen-bond donors (Lipinski definition) is 1. The van der Waals surface area contributed by atoms with E-state index in [1.54, 1.807) is 16.8 Å². The van der Waals surface area contributed by atoms with Crippen LogP contribution in [0.15, 0.2) is 29.2 Å². The molecule has 0 amide bonds.